The fraction of sp³-hybridized carbons (Fsp3) is 0.538. The predicted octanol–water partition coefficient (Wildman–Crippen LogP) is 2.39. The number of nitrogens with two attached hydrogens (primary N) is 1. The van der Waals surface area contributed by atoms with Crippen LogP contribution in [0.5, 0.6) is 0 Å². The summed E-state index contributed by atoms with van der Waals surface area (Å²) in [5.41, 5.74) is 7.29. The normalized spacial score (nSPS) is 24.5. The molecule has 0 aromatic heterocycles. The second-order valence-corrected chi connectivity index (χ2v) is 5.28. The second kappa shape index (κ2) is 4.06. The molecule has 1 saturated heterocycles. The molecular weight excluding hydrogens is 203 g/mol. The quantitative estimate of drug-likeness (QED) is 0.790. The Labute approximate surface area is 96.2 Å². The maximum absolute atomic E-state index is 12.8. The molecule has 1 aromatic carbocycles. The Hall–Kier alpha value is -1.09. The lowest BCUT2D eigenvalue weighted by atomic mass is 9.79. The molecule has 1 aliphatic rings. The zero-order chi connectivity index (χ0) is 11.8. The number of halogens is 1. The molecule has 0 aliphatic carbocycles. The van der Waals surface area contributed by atoms with Gasteiger partial charge in [0.15, 0.2) is 0 Å². The maximum Gasteiger partial charge on any atom is 0.123 e. The summed E-state index contributed by atoms with van der Waals surface area (Å²) in [4.78, 5) is 2.28. The summed E-state index contributed by atoms with van der Waals surface area (Å²) < 4.78 is 12.8. The Balaban J connectivity index is 2.14. The van der Waals surface area contributed by atoms with E-state index in [1.807, 2.05) is 12.1 Å². The van der Waals surface area contributed by atoms with Crippen LogP contribution in [0, 0.1) is 11.2 Å². The first kappa shape index (κ1) is 11.4. The van der Waals surface area contributed by atoms with E-state index in [2.05, 4.69) is 18.7 Å². The Morgan fingerprint density at radius 3 is 2.50 bits per heavy atom. The van der Waals surface area contributed by atoms with Gasteiger partial charge in [-0.05, 0) is 36.1 Å². The van der Waals surface area contributed by atoms with Gasteiger partial charge in [0.2, 0.25) is 0 Å². The Bertz CT molecular complexity index is 359. The van der Waals surface area contributed by atoms with E-state index >= 15 is 0 Å². The standard InChI is InChI=1S/C13H19FN2/c1-13(2)9-16(8-7-12(13)15)11-5-3-10(14)4-6-11/h3-6,12H,7-9,15H2,1-2H3. The molecule has 16 heavy (non-hydrogen) atoms. The fourth-order valence-corrected chi connectivity index (χ4v) is 2.25. The van der Waals surface area contributed by atoms with E-state index in [0.29, 0.717) is 0 Å². The van der Waals surface area contributed by atoms with E-state index in [-0.39, 0.29) is 17.3 Å². The van der Waals surface area contributed by atoms with Crippen LogP contribution in [0.2, 0.25) is 0 Å². The molecule has 2 rings (SSSR count). The first-order valence-electron chi connectivity index (χ1n) is 5.75. The number of hydrogen-bond donors (Lipinski definition) is 1. The van der Waals surface area contributed by atoms with Crippen LogP contribution in [0.3, 0.4) is 0 Å². The Morgan fingerprint density at radius 1 is 1.31 bits per heavy atom. The molecule has 1 unspecified atom stereocenters. The van der Waals surface area contributed by atoms with Gasteiger partial charge in [-0.25, -0.2) is 4.39 Å². The van der Waals surface area contributed by atoms with Crippen molar-refractivity contribution in [2.24, 2.45) is 11.1 Å². The Morgan fingerprint density at radius 2 is 1.94 bits per heavy atom. The van der Waals surface area contributed by atoms with Gasteiger partial charge in [-0.15, -0.1) is 0 Å². The lowest BCUT2D eigenvalue weighted by molar-refractivity contribution is 0.245. The molecular formula is C13H19FN2. The topological polar surface area (TPSA) is 29.3 Å². The molecule has 1 aromatic rings. The monoisotopic (exact) mass is 222 g/mol. The van der Waals surface area contributed by atoms with Gasteiger partial charge in [-0.3, -0.25) is 0 Å². The summed E-state index contributed by atoms with van der Waals surface area (Å²) in [6.07, 6.45) is 0.990. The third-order valence-electron chi connectivity index (χ3n) is 3.50. The molecule has 2 N–H and O–H groups in total. The van der Waals surface area contributed by atoms with E-state index < -0.39 is 0 Å². The first-order chi connectivity index (χ1) is 7.49. The highest BCUT2D eigenvalue weighted by Crippen LogP contribution is 2.30. The van der Waals surface area contributed by atoms with Crippen molar-refractivity contribution in [3.05, 3.63) is 30.1 Å². The van der Waals surface area contributed by atoms with Crippen molar-refractivity contribution in [3.63, 3.8) is 0 Å². The summed E-state index contributed by atoms with van der Waals surface area (Å²) in [5.74, 6) is -0.184. The third-order valence-corrected chi connectivity index (χ3v) is 3.50. The molecule has 1 aliphatic heterocycles. The van der Waals surface area contributed by atoms with Gasteiger partial charge in [0.1, 0.15) is 5.82 Å². The van der Waals surface area contributed by atoms with E-state index in [9.17, 15) is 4.39 Å². The molecule has 3 heteroatoms. The van der Waals surface area contributed by atoms with Crippen LogP contribution >= 0.6 is 0 Å². The first-order valence-corrected chi connectivity index (χ1v) is 5.75. The van der Waals surface area contributed by atoms with Gasteiger partial charge in [-0.1, -0.05) is 13.8 Å². The average Bonchev–Trinajstić information content (AvgIpc) is 2.23. The zero-order valence-electron chi connectivity index (χ0n) is 9.91. The van der Waals surface area contributed by atoms with Crippen molar-refractivity contribution < 1.29 is 4.39 Å². The van der Waals surface area contributed by atoms with Crippen LogP contribution < -0.4 is 10.6 Å². The van der Waals surface area contributed by atoms with Gasteiger partial charge in [0.05, 0.1) is 0 Å². The minimum Gasteiger partial charge on any atom is -0.371 e. The number of hydrogen-bond acceptors (Lipinski definition) is 2. The van der Waals surface area contributed by atoms with E-state index in [1.54, 1.807) is 0 Å². The SMILES string of the molecule is CC1(C)CN(c2ccc(F)cc2)CCC1N. The molecule has 0 saturated carbocycles. The summed E-state index contributed by atoms with van der Waals surface area (Å²) >= 11 is 0. The lowest BCUT2D eigenvalue weighted by Crippen LogP contribution is -2.52. The van der Waals surface area contributed by atoms with Crippen LogP contribution in [0.4, 0.5) is 10.1 Å². The summed E-state index contributed by atoms with van der Waals surface area (Å²) in [6.45, 7) is 6.26. The van der Waals surface area contributed by atoms with Gasteiger partial charge >= 0.3 is 0 Å². The molecule has 1 fully saturated rings. The summed E-state index contributed by atoms with van der Waals surface area (Å²) in [6, 6.07) is 6.95. The lowest BCUT2D eigenvalue weighted by Gasteiger charge is -2.43. The molecule has 0 amide bonds. The molecule has 1 heterocycles. The minimum atomic E-state index is -0.184. The van der Waals surface area contributed by atoms with E-state index in [0.717, 1.165) is 25.2 Å². The van der Waals surface area contributed by atoms with E-state index in [1.165, 1.54) is 12.1 Å². The minimum absolute atomic E-state index is 0.118. The molecule has 0 radical (unpaired) electrons. The Kier molecular flexibility index (Phi) is 2.89. The predicted molar refractivity (Wildman–Crippen MR) is 65.0 cm³/mol. The number of piperidine rings is 1. The van der Waals surface area contributed by atoms with Gasteiger partial charge in [0, 0.05) is 24.8 Å². The highest BCUT2D eigenvalue weighted by Gasteiger charge is 2.33. The molecule has 88 valence electrons. The van der Waals surface area contributed by atoms with Crippen molar-refractivity contribution >= 4 is 5.69 Å². The summed E-state index contributed by atoms with van der Waals surface area (Å²) in [7, 11) is 0. The highest BCUT2D eigenvalue weighted by molar-refractivity contribution is 5.47. The van der Waals surface area contributed by atoms with Crippen molar-refractivity contribution in [3.8, 4) is 0 Å². The van der Waals surface area contributed by atoms with Gasteiger partial charge in [-0.2, -0.15) is 0 Å². The number of nitrogens with zero attached hydrogens (tertiary/aromatic N) is 1. The van der Waals surface area contributed by atoms with Crippen LogP contribution in [-0.2, 0) is 0 Å². The maximum atomic E-state index is 12.8. The van der Waals surface area contributed by atoms with Crippen molar-refractivity contribution in [1.82, 2.24) is 0 Å². The van der Waals surface area contributed by atoms with Crippen molar-refractivity contribution in [2.45, 2.75) is 26.3 Å². The van der Waals surface area contributed by atoms with Crippen LogP contribution in [-0.4, -0.2) is 19.1 Å². The number of benzene rings is 1. The third kappa shape index (κ3) is 2.19. The average molecular weight is 222 g/mol. The molecule has 0 spiro atoms. The van der Waals surface area contributed by atoms with Crippen LogP contribution in [0.15, 0.2) is 24.3 Å². The fourth-order valence-electron chi connectivity index (χ4n) is 2.25. The number of anilines is 1. The van der Waals surface area contributed by atoms with Gasteiger partial charge < -0.3 is 10.6 Å². The van der Waals surface area contributed by atoms with Crippen molar-refractivity contribution in [1.29, 1.82) is 0 Å². The number of rotatable bonds is 1. The molecule has 1 atom stereocenters. The summed E-state index contributed by atoms with van der Waals surface area (Å²) in [5, 5.41) is 0. The van der Waals surface area contributed by atoms with E-state index in [4.69, 9.17) is 5.73 Å². The molecule has 0 bridgehead atoms. The highest BCUT2D eigenvalue weighted by atomic mass is 19.1. The molecule has 2 nitrogen and oxygen atoms in total. The zero-order valence-corrected chi connectivity index (χ0v) is 9.91. The largest absolute Gasteiger partial charge is 0.371 e. The van der Waals surface area contributed by atoms with Gasteiger partial charge in [0.25, 0.3) is 0 Å². The van der Waals surface area contributed by atoms with Crippen molar-refractivity contribution in [2.75, 3.05) is 18.0 Å². The van der Waals surface area contributed by atoms with Crippen LogP contribution in [0.1, 0.15) is 20.3 Å². The smallest absolute Gasteiger partial charge is 0.123 e. The second-order valence-electron chi connectivity index (χ2n) is 5.28. The van der Waals surface area contributed by atoms with Crippen LogP contribution in [0.25, 0.3) is 0 Å².